The molecule has 0 rings (SSSR count). The minimum Gasteiger partial charge on any atom is -0.462 e. The lowest BCUT2D eigenvalue weighted by Crippen LogP contribution is -2.30. The molecule has 0 aromatic heterocycles. The summed E-state index contributed by atoms with van der Waals surface area (Å²) in [6.07, 6.45) is 83.5. The molecule has 0 aromatic rings. The molecule has 0 spiro atoms. The largest absolute Gasteiger partial charge is 0.472 e. The van der Waals surface area contributed by atoms with Gasteiger partial charge >= 0.3 is 39.5 Å². The van der Waals surface area contributed by atoms with Gasteiger partial charge in [0.2, 0.25) is 0 Å². The standard InChI is InChI=1S/C92H180O17P2/c1-5-9-13-17-21-25-29-32-35-38-41-42-43-46-49-52-55-59-63-67-71-75-79-92(97)109-88(83-103-90(95)77-73-69-65-61-57-53-50-47-44-39-36-33-30-26-22-18-14-10-6-2)85-107-111(100,101)105-81-86(93)80-104-110(98,99)106-84-87(82-102-89(94)76-72-68-64-60-56-28-24-20-16-12-8-4)108-91(96)78-74-70-66-62-58-54-51-48-45-40-37-34-31-27-23-19-15-11-7-3/h86-88,93H,5-85H2,1-4H3,(H,98,99)(H,100,101)/t86-,87+,88+/m0/s1. The van der Waals surface area contributed by atoms with Gasteiger partial charge in [0.15, 0.2) is 12.2 Å². The van der Waals surface area contributed by atoms with Crippen LogP contribution in [0, 0.1) is 0 Å². The fourth-order valence-electron chi connectivity index (χ4n) is 14.6. The van der Waals surface area contributed by atoms with Gasteiger partial charge in [0.1, 0.15) is 19.3 Å². The third-order valence-electron chi connectivity index (χ3n) is 21.9. The van der Waals surface area contributed by atoms with Crippen molar-refractivity contribution in [2.75, 3.05) is 39.6 Å². The summed E-state index contributed by atoms with van der Waals surface area (Å²) < 4.78 is 69.1. The predicted molar refractivity (Wildman–Crippen MR) is 460 cm³/mol. The zero-order chi connectivity index (χ0) is 81.0. The maximum Gasteiger partial charge on any atom is 0.472 e. The van der Waals surface area contributed by atoms with Gasteiger partial charge in [0.05, 0.1) is 26.4 Å². The van der Waals surface area contributed by atoms with Gasteiger partial charge in [-0.05, 0) is 25.7 Å². The second kappa shape index (κ2) is 85.9. The summed E-state index contributed by atoms with van der Waals surface area (Å²) in [5, 5.41) is 10.7. The van der Waals surface area contributed by atoms with Gasteiger partial charge < -0.3 is 33.8 Å². The Bertz CT molecular complexity index is 2090. The number of ether oxygens (including phenoxy) is 4. The fraction of sp³-hybridized carbons (Fsp3) is 0.957. The molecule has 2 unspecified atom stereocenters. The number of unbranched alkanes of at least 4 members (excludes halogenated alkanes) is 67. The average Bonchev–Trinajstić information content (AvgIpc) is 0.899. The van der Waals surface area contributed by atoms with E-state index in [2.05, 4.69) is 27.7 Å². The maximum atomic E-state index is 13.2. The Morgan fingerprint density at radius 1 is 0.216 bits per heavy atom. The van der Waals surface area contributed by atoms with Crippen LogP contribution in [0.3, 0.4) is 0 Å². The molecule has 0 fully saturated rings. The number of rotatable bonds is 93. The van der Waals surface area contributed by atoms with Crippen molar-refractivity contribution in [1.82, 2.24) is 0 Å². The van der Waals surface area contributed by atoms with Crippen LogP contribution in [0.5, 0.6) is 0 Å². The number of hydrogen-bond acceptors (Lipinski definition) is 15. The van der Waals surface area contributed by atoms with Gasteiger partial charge in [-0.2, -0.15) is 0 Å². The Balaban J connectivity index is 5.22. The van der Waals surface area contributed by atoms with Gasteiger partial charge in [0.25, 0.3) is 0 Å². The minimum atomic E-state index is -4.97. The highest BCUT2D eigenvalue weighted by atomic mass is 31.2. The maximum absolute atomic E-state index is 13.2. The van der Waals surface area contributed by atoms with Gasteiger partial charge in [-0.25, -0.2) is 9.13 Å². The number of aliphatic hydroxyl groups is 1. The highest BCUT2D eigenvalue weighted by Crippen LogP contribution is 2.45. The van der Waals surface area contributed by atoms with Crippen LogP contribution in [0.4, 0.5) is 0 Å². The van der Waals surface area contributed by atoms with Crippen molar-refractivity contribution >= 4 is 39.5 Å². The smallest absolute Gasteiger partial charge is 0.462 e. The number of carbonyl (C=O) groups is 4. The Labute approximate surface area is 683 Å². The molecule has 111 heavy (non-hydrogen) atoms. The Morgan fingerprint density at radius 3 is 0.532 bits per heavy atom. The van der Waals surface area contributed by atoms with E-state index in [1.807, 2.05) is 0 Å². The van der Waals surface area contributed by atoms with E-state index in [9.17, 15) is 43.2 Å². The van der Waals surface area contributed by atoms with Crippen LogP contribution in [0.2, 0.25) is 0 Å². The lowest BCUT2D eigenvalue weighted by Gasteiger charge is -2.21. The van der Waals surface area contributed by atoms with Crippen LogP contribution < -0.4 is 0 Å². The first-order valence-corrected chi connectivity index (χ1v) is 50.8. The van der Waals surface area contributed by atoms with Crippen molar-refractivity contribution in [3.05, 3.63) is 0 Å². The van der Waals surface area contributed by atoms with E-state index < -0.39 is 97.5 Å². The van der Waals surface area contributed by atoms with Crippen LogP contribution in [0.15, 0.2) is 0 Å². The molecule has 0 amide bonds. The predicted octanol–water partition coefficient (Wildman–Crippen LogP) is 28.9. The van der Waals surface area contributed by atoms with E-state index in [0.717, 1.165) is 89.9 Å². The van der Waals surface area contributed by atoms with Crippen molar-refractivity contribution in [3.63, 3.8) is 0 Å². The summed E-state index contributed by atoms with van der Waals surface area (Å²) >= 11 is 0. The minimum absolute atomic E-state index is 0.110. The number of carbonyl (C=O) groups excluding carboxylic acids is 4. The van der Waals surface area contributed by atoms with E-state index in [4.69, 9.17) is 37.0 Å². The van der Waals surface area contributed by atoms with E-state index >= 15 is 0 Å². The third kappa shape index (κ3) is 85.8. The highest BCUT2D eigenvalue weighted by Gasteiger charge is 2.31. The summed E-state index contributed by atoms with van der Waals surface area (Å²) in [6, 6.07) is 0. The summed E-state index contributed by atoms with van der Waals surface area (Å²) in [7, 11) is -9.93. The summed E-state index contributed by atoms with van der Waals surface area (Å²) in [5.74, 6) is -2.09. The van der Waals surface area contributed by atoms with Crippen molar-refractivity contribution < 1.29 is 80.2 Å². The van der Waals surface area contributed by atoms with Crippen molar-refractivity contribution in [2.24, 2.45) is 0 Å². The molecule has 17 nitrogen and oxygen atoms in total. The Morgan fingerprint density at radius 2 is 0.360 bits per heavy atom. The molecule has 0 heterocycles. The van der Waals surface area contributed by atoms with E-state index in [1.54, 1.807) is 0 Å². The topological polar surface area (TPSA) is 237 Å². The number of hydrogen-bond donors (Lipinski definition) is 3. The molecule has 0 saturated carbocycles. The van der Waals surface area contributed by atoms with Gasteiger partial charge in [-0.1, -0.05) is 458 Å². The van der Waals surface area contributed by atoms with E-state index in [-0.39, 0.29) is 25.7 Å². The van der Waals surface area contributed by atoms with Crippen LogP contribution >= 0.6 is 15.6 Å². The molecule has 19 heteroatoms. The number of aliphatic hydroxyl groups excluding tert-OH is 1. The Hall–Kier alpha value is -1.94. The molecule has 0 saturated heterocycles. The molecule has 0 aliphatic heterocycles. The highest BCUT2D eigenvalue weighted by molar-refractivity contribution is 7.47. The first-order chi connectivity index (χ1) is 54.2. The molecular weight excluding hydrogens is 1440 g/mol. The second-order valence-electron chi connectivity index (χ2n) is 33.1. The zero-order valence-electron chi connectivity index (χ0n) is 73.0. The monoisotopic (exact) mass is 1620 g/mol. The van der Waals surface area contributed by atoms with Crippen molar-refractivity contribution in [3.8, 4) is 0 Å². The zero-order valence-corrected chi connectivity index (χ0v) is 74.7. The summed E-state index contributed by atoms with van der Waals surface area (Å²) in [4.78, 5) is 73.4. The molecule has 0 aliphatic rings. The van der Waals surface area contributed by atoms with Crippen LogP contribution in [-0.2, 0) is 65.4 Å². The molecule has 0 aliphatic carbocycles. The van der Waals surface area contributed by atoms with Crippen molar-refractivity contribution in [2.45, 2.75) is 528 Å². The number of phosphoric acid groups is 2. The van der Waals surface area contributed by atoms with Crippen molar-refractivity contribution in [1.29, 1.82) is 0 Å². The molecule has 3 N–H and O–H groups in total. The van der Waals surface area contributed by atoms with Gasteiger partial charge in [-0.15, -0.1) is 0 Å². The summed E-state index contributed by atoms with van der Waals surface area (Å²) in [6.45, 7) is 5.09. The van der Waals surface area contributed by atoms with E-state index in [1.165, 1.54) is 340 Å². The third-order valence-corrected chi connectivity index (χ3v) is 23.8. The average molecular weight is 1620 g/mol. The molecule has 660 valence electrons. The first kappa shape index (κ1) is 109. The first-order valence-electron chi connectivity index (χ1n) is 47.8. The quantitative estimate of drug-likeness (QED) is 0.0222. The molecule has 0 bridgehead atoms. The van der Waals surface area contributed by atoms with Crippen LogP contribution in [0.1, 0.15) is 509 Å². The van der Waals surface area contributed by atoms with Crippen LogP contribution in [0.25, 0.3) is 0 Å². The molecular formula is C92H180O17P2. The molecule has 0 radical (unpaired) electrons. The van der Waals surface area contributed by atoms with Gasteiger partial charge in [-0.3, -0.25) is 37.3 Å². The number of phosphoric ester groups is 2. The van der Waals surface area contributed by atoms with E-state index in [0.29, 0.717) is 25.7 Å². The number of esters is 4. The lowest BCUT2D eigenvalue weighted by molar-refractivity contribution is -0.161. The SMILES string of the molecule is CCCCCCCCCCCCCCCCCCCCCCCCC(=O)O[C@H](COC(=O)CCCCCCCCCCCCCCCCCCCCC)COP(=O)(O)OC[C@@H](O)COP(=O)(O)OC[C@@H](COC(=O)CCCCCCCCCCCCC)OC(=O)CCCCCCCCCCCCCCCCCCCCC. The normalized spacial score (nSPS) is 13.6. The van der Waals surface area contributed by atoms with Crippen LogP contribution in [-0.4, -0.2) is 96.7 Å². The Kier molecular flexibility index (Phi) is 84.4. The molecule has 0 aromatic carbocycles. The fourth-order valence-corrected chi connectivity index (χ4v) is 16.2. The van der Waals surface area contributed by atoms with Gasteiger partial charge in [0, 0.05) is 25.7 Å². The molecule has 5 atom stereocenters. The lowest BCUT2D eigenvalue weighted by atomic mass is 10.0. The summed E-state index contributed by atoms with van der Waals surface area (Å²) in [5.41, 5.74) is 0. The second-order valence-corrected chi connectivity index (χ2v) is 36.0.